The van der Waals surface area contributed by atoms with Crippen molar-refractivity contribution in [3.8, 4) is 0 Å². The van der Waals surface area contributed by atoms with Crippen molar-refractivity contribution in [3.05, 3.63) is 0 Å². The van der Waals surface area contributed by atoms with Crippen LogP contribution >= 0.6 is 0 Å². The van der Waals surface area contributed by atoms with Crippen LogP contribution in [0.1, 0.15) is 0 Å². The SMILES string of the molecule is OCC(O)COCC(O)COCC(O)COCC(COCC(O)CO)OCC(O)COCC(O)COCC(COCC(O)CO)OCC(O)CO. The predicted molar refractivity (Wildman–Crippen MR) is 172 cm³/mol. The Bertz CT molecular complexity index is 744. The molecule has 0 aromatic rings. The van der Waals surface area contributed by atoms with E-state index in [-0.39, 0.29) is 106 Å². The summed E-state index contributed by atoms with van der Waals surface area (Å²) in [4.78, 5) is 0. The predicted octanol–water partition coefficient (Wildman–Crippen LogP) is -7.27. The molecule has 0 amide bonds. The van der Waals surface area contributed by atoms with Crippen LogP contribution in [0, 0.1) is 0 Å². The number of aliphatic hydroxyl groups is 12. The Balaban J connectivity index is 4.47. The molecule has 0 aliphatic rings. The highest BCUT2D eigenvalue weighted by molar-refractivity contribution is 4.64. The van der Waals surface area contributed by atoms with E-state index in [9.17, 15) is 40.9 Å². The van der Waals surface area contributed by atoms with Crippen LogP contribution in [0.5, 0.6) is 0 Å². The molecule has 0 heterocycles. The summed E-state index contributed by atoms with van der Waals surface area (Å²) in [5, 5.41) is 114. The topological polar surface area (TPSA) is 326 Å². The van der Waals surface area contributed by atoms with E-state index >= 15 is 0 Å². The molecule has 0 aromatic heterocycles. The second-order valence-electron chi connectivity index (χ2n) is 11.6. The molecule has 0 saturated heterocycles. The van der Waals surface area contributed by atoms with E-state index in [2.05, 4.69) is 0 Å². The van der Waals surface area contributed by atoms with Gasteiger partial charge in [-0.15, -0.1) is 0 Å². The van der Waals surface area contributed by atoms with Crippen molar-refractivity contribution >= 4 is 0 Å². The summed E-state index contributed by atoms with van der Waals surface area (Å²) < 4.78 is 48.1. The molecule has 12 N–H and O–H groups in total. The lowest BCUT2D eigenvalue weighted by molar-refractivity contribution is -0.118. The highest BCUT2D eigenvalue weighted by Gasteiger charge is 2.18. The first kappa shape index (κ1) is 50.2. The minimum absolute atomic E-state index is 0.0649. The summed E-state index contributed by atoms with van der Waals surface area (Å²) >= 11 is 0. The molecule has 0 fully saturated rings. The third-order valence-electron chi connectivity index (χ3n) is 6.21. The molecular formula is C30H62O21. The maximum atomic E-state index is 10.3. The maximum Gasteiger partial charge on any atom is 0.104 e. The molecule has 21 heteroatoms. The molecular weight excluding hydrogens is 696 g/mol. The van der Waals surface area contributed by atoms with Crippen molar-refractivity contribution < 1.29 is 104 Å². The smallest absolute Gasteiger partial charge is 0.104 e. The molecule has 21 nitrogen and oxygen atoms in total. The zero-order valence-electron chi connectivity index (χ0n) is 29.0. The van der Waals surface area contributed by atoms with Gasteiger partial charge < -0.3 is 104 Å². The first-order valence-electron chi connectivity index (χ1n) is 16.6. The normalized spacial score (nSPS) is 18.1. The lowest BCUT2D eigenvalue weighted by Gasteiger charge is -2.22. The first-order valence-corrected chi connectivity index (χ1v) is 16.6. The minimum atomic E-state index is -1.13. The molecule has 10 unspecified atom stereocenters. The fourth-order valence-electron chi connectivity index (χ4n) is 3.55. The maximum absolute atomic E-state index is 10.3. The van der Waals surface area contributed by atoms with E-state index in [0.717, 1.165) is 0 Å². The van der Waals surface area contributed by atoms with Gasteiger partial charge in [0, 0.05) is 0 Å². The van der Waals surface area contributed by atoms with Crippen molar-refractivity contribution in [2.75, 3.05) is 132 Å². The van der Waals surface area contributed by atoms with E-state index in [1.807, 2.05) is 0 Å². The lowest BCUT2D eigenvalue weighted by atomic mass is 10.3. The zero-order chi connectivity index (χ0) is 38.3. The lowest BCUT2D eigenvalue weighted by Crippen LogP contribution is -2.35. The number of hydrogen-bond acceptors (Lipinski definition) is 21. The molecule has 10 atom stereocenters. The van der Waals surface area contributed by atoms with Crippen LogP contribution in [0.3, 0.4) is 0 Å². The van der Waals surface area contributed by atoms with Crippen LogP contribution in [0.15, 0.2) is 0 Å². The Morgan fingerprint density at radius 3 is 0.667 bits per heavy atom. The number of ether oxygens (including phenoxy) is 9. The van der Waals surface area contributed by atoms with Gasteiger partial charge in [-0.1, -0.05) is 0 Å². The molecule has 0 spiro atoms. The summed E-state index contributed by atoms with van der Waals surface area (Å²) in [5.41, 5.74) is 0. The van der Waals surface area contributed by atoms with E-state index < -0.39 is 87.5 Å². The van der Waals surface area contributed by atoms with Gasteiger partial charge in [0.1, 0.15) is 61.0 Å². The second-order valence-corrected chi connectivity index (χ2v) is 11.6. The Labute approximate surface area is 297 Å². The third-order valence-corrected chi connectivity index (χ3v) is 6.21. The van der Waals surface area contributed by atoms with Crippen LogP contribution in [0.4, 0.5) is 0 Å². The van der Waals surface area contributed by atoms with Gasteiger partial charge in [-0.3, -0.25) is 0 Å². The summed E-state index contributed by atoms with van der Waals surface area (Å²) in [6.45, 7) is -4.60. The molecule has 0 rings (SSSR count). The van der Waals surface area contributed by atoms with Crippen molar-refractivity contribution in [2.45, 2.75) is 61.0 Å². The molecule has 0 saturated carbocycles. The minimum Gasteiger partial charge on any atom is -0.394 e. The quantitative estimate of drug-likeness (QED) is 0.0278. The van der Waals surface area contributed by atoms with Crippen molar-refractivity contribution in [3.63, 3.8) is 0 Å². The Hall–Kier alpha value is -0.840. The number of hydrogen-bond donors (Lipinski definition) is 12. The van der Waals surface area contributed by atoms with E-state index in [1.54, 1.807) is 0 Å². The van der Waals surface area contributed by atoms with Crippen LogP contribution < -0.4 is 0 Å². The van der Waals surface area contributed by atoms with Crippen LogP contribution in [-0.2, 0) is 42.6 Å². The molecule has 0 aliphatic carbocycles. The van der Waals surface area contributed by atoms with Crippen LogP contribution in [0.2, 0.25) is 0 Å². The van der Waals surface area contributed by atoms with Gasteiger partial charge in [-0.05, 0) is 0 Å². The number of rotatable bonds is 38. The standard InChI is InChI=1S/C30H62O21/c31-1-21(35)5-43-8-25(39)9-44-10-26(40)12-49-20-30(18-47-7-23(37)3-33)51-16-28(42)14-45-11-27(41)13-48-19-29(50-15-24(38)4-34)17-46-6-22(36)2-32/h21-42H,1-20H2. The molecule has 0 radical (unpaired) electrons. The Morgan fingerprint density at radius 1 is 0.235 bits per heavy atom. The molecule has 0 aromatic carbocycles. The summed E-state index contributed by atoms with van der Waals surface area (Å²) in [5.74, 6) is 0. The van der Waals surface area contributed by atoms with Gasteiger partial charge in [0.05, 0.1) is 132 Å². The summed E-state index contributed by atoms with van der Waals surface area (Å²) in [6.07, 6.45) is -10.2. The van der Waals surface area contributed by atoms with Crippen molar-refractivity contribution in [2.24, 2.45) is 0 Å². The number of aliphatic hydroxyl groups excluding tert-OH is 12. The van der Waals surface area contributed by atoms with E-state index in [0.29, 0.717) is 0 Å². The molecule has 0 aliphatic heterocycles. The second kappa shape index (κ2) is 33.7. The van der Waals surface area contributed by atoms with Gasteiger partial charge in [0.15, 0.2) is 0 Å². The average Bonchev–Trinajstić information content (AvgIpc) is 3.11. The molecule has 51 heavy (non-hydrogen) atoms. The highest BCUT2D eigenvalue weighted by Crippen LogP contribution is 2.03. The fourth-order valence-corrected chi connectivity index (χ4v) is 3.55. The van der Waals surface area contributed by atoms with Gasteiger partial charge in [-0.2, -0.15) is 0 Å². The largest absolute Gasteiger partial charge is 0.394 e. The van der Waals surface area contributed by atoms with E-state index in [4.69, 9.17) is 63.1 Å². The van der Waals surface area contributed by atoms with Crippen LogP contribution in [-0.4, -0.2) is 254 Å². The summed E-state index contributed by atoms with van der Waals surface area (Å²) in [6, 6.07) is 0. The monoisotopic (exact) mass is 758 g/mol. The van der Waals surface area contributed by atoms with E-state index in [1.165, 1.54) is 0 Å². The third kappa shape index (κ3) is 31.2. The molecule has 308 valence electrons. The van der Waals surface area contributed by atoms with Gasteiger partial charge >= 0.3 is 0 Å². The fraction of sp³-hybridized carbons (Fsp3) is 1.00. The highest BCUT2D eigenvalue weighted by atomic mass is 16.6. The summed E-state index contributed by atoms with van der Waals surface area (Å²) in [7, 11) is 0. The van der Waals surface area contributed by atoms with Gasteiger partial charge in [0.25, 0.3) is 0 Å². The molecule has 0 bridgehead atoms. The van der Waals surface area contributed by atoms with Crippen LogP contribution in [0.25, 0.3) is 0 Å². The van der Waals surface area contributed by atoms with Gasteiger partial charge in [0.2, 0.25) is 0 Å². The van der Waals surface area contributed by atoms with Gasteiger partial charge in [-0.25, -0.2) is 0 Å². The average molecular weight is 759 g/mol. The zero-order valence-corrected chi connectivity index (χ0v) is 29.0. The van der Waals surface area contributed by atoms with Crippen molar-refractivity contribution in [1.82, 2.24) is 0 Å². The first-order chi connectivity index (χ1) is 24.4. The van der Waals surface area contributed by atoms with Crippen molar-refractivity contribution in [1.29, 1.82) is 0 Å². The Kier molecular flexibility index (Phi) is 33.2. The Morgan fingerprint density at radius 2 is 0.412 bits per heavy atom.